The molecule has 0 aliphatic carbocycles. The van der Waals surface area contributed by atoms with Crippen LogP contribution in [-0.4, -0.2) is 32.2 Å². The Morgan fingerprint density at radius 1 is 1.10 bits per heavy atom. The number of ketones is 1. The molecule has 7 heteroatoms. The minimum absolute atomic E-state index is 0.0144. The number of thioether (sulfide) groups is 1. The summed E-state index contributed by atoms with van der Waals surface area (Å²) in [5, 5.41) is 12.1. The van der Waals surface area contributed by atoms with E-state index in [-0.39, 0.29) is 17.4 Å². The van der Waals surface area contributed by atoms with Gasteiger partial charge in [-0.25, -0.2) is 0 Å². The van der Waals surface area contributed by atoms with Crippen molar-refractivity contribution in [3.8, 4) is 11.4 Å². The fraction of sp³-hybridized carbons (Fsp3) is 0.250. The van der Waals surface area contributed by atoms with Gasteiger partial charge in [0.1, 0.15) is 0 Å². The summed E-state index contributed by atoms with van der Waals surface area (Å²) in [4.78, 5) is 24.5. The van der Waals surface area contributed by atoms with Gasteiger partial charge in [-0.1, -0.05) is 62.0 Å². The first-order valence-corrected chi connectivity index (χ1v) is 11.1. The number of amides is 1. The summed E-state index contributed by atoms with van der Waals surface area (Å²) < 4.78 is 1.95. The van der Waals surface area contributed by atoms with Crippen LogP contribution in [0.5, 0.6) is 0 Å². The number of rotatable bonds is 10. The highest BCUT2D eigenvalue weighted by molar-refractivity contribution is 7.99. The van der Waals surface area contributed by atoms with Gasteiger partial charge in [-0.05, 0) is 30.2 Å². The second-order valence-electron chi connectivity index (χ2n) is 7.51. The molecule has 0 fully saturated rings. The fourth-order valence-corrected chi connectivity index (χ4v) is 3.87. The first kappa shape index (κ1) is 22.5. The monoisotopic (exact) mass is 434 g/mol. The van der Waals surface area contributed by atoms with Crippen molar-refractivity contribution in [2.75, 3.05) is 11.1 Å². The fourth-order valence-electron chi connectivity index (χ4n) is 3.03. The summed E-state index contributed by atoms with van der Waals surface area (Å²) in [5.74, 6) is 1.24. The van der Waals surface area contributed by atoms with E-state index >= 15 is 0 Å². The lowest BCUT2D eigenvalue weighted by Crippen LogP contribution is -2.14. The predicted molar refractivity (Wildman–Crippen MR) is 125 cm³/mol. The molecule has 0 aliphatic rings. The number of allylic oxidation sites excluding steroid dienone is 1. The SMILES string of the molecule is C=CCn1c(SCC(=O)c2ccc(NC(=O)CC(C)C)cc2)nnc1-c1ccccc1. The molecule has 3 aromatic rings. The maximum atomic E-state index is 12.7. The minimum atomic E-state index is -0.0274. The number of benzene rings is 2. The number of Topliss-reactive ketones (excluding diaryl/α,β-unsaturated/α-hetero) is 1. The van der Waals surface area contributed by atoms with Crippen molar-refractivity contribution in [3.05, 3.63) is 72.8 Å². The maximum Gasteiger partial charge on any atom is 0.224 e. The van der Waals surface area contributed by atoms with Gasteiger partial charge in [-0.15, -0.1) is 16.8 Å². The van der Waals surface area contributed by atoms with E-state index in [9.17, 15) is 9.59 Å². The van der Waals surface area contributed by atoms with Crippen LogP contribution in [0.15, 0.2) is 72.4 Å². The van der Waals surface area contributed by atoms with Crippen LogP contribution in [0, 0.1) is 5.92 Å². The van der Waals surface area contributed by atoms with Crippen molar-refractivity contribution in [3.63, 3.8) is 0 Å². The Bertz CT molecular complexity index is 1040. The Hall–Kier alpha value is -3.19. The summed E-state index contributed by atoms with van der Waals surface area (Å²) in [6, 6.07) is 16.8. The zero-order chi connectivity index (χ0) is 22.2. The number of nitrogens with one attached hydrogen (secondary N) is 1. The standard InChI is InChI=1S/C24H26N4O2S/c1-4-14-28-23(19-8-6-5-7-9-19)26-27-24(28)31-16-21(29)18-10-12-20(13-11-18)25-22(30)15-17(2)3/h4-13,17H,1,14-16H2,2-3H3,(H,25,30). The Morgan fingerprint density at radius 2 is 1.81 bits per heavy atom. The molecule has 0 saturated heterocycles. The molecule has 160 valence electrons. The van der Waals surface area contributed by atoms with Gasteiger partial charge in [0.05, 0.1) is 5.75 Å². The summed E-state index contributed by atoms with van der Waals surface area (Å²) in [5.41, 5.74) is 2.24. The Kier molecular flexibility index (Phi) is 7.78. The van der Waals surface area contributed by atoms with Gasteiger partial charge in [-0.3, -0.25) is 14.2 Å². The van der Waals surface area contributed by atoms with Gasteiger partial charge in [0, 0.05) is 29.8 Å². The first-order chi connectivity index (χ1) is 15.0. The van der Waals surface area contributed by atoms with Crippen molar-refractivity contribution in [2.45, 2.75) is 32.0 Å². The largest absolute Gasteiger partial charge is 0.326 e. The molecular weight excluding hydrogens is 408 g/mol. The number of hydrogen-bond acceptors (Lipinski definition) is 5. The van der Waals surface area contributed by atoms with Crippen molar-refractivity contribution in [1.29, 1.82) is 0 Å². The topological polar surface area (TPSA) is 76.9 Å². The molecule has 0 radical (unpaired) electrons. The number of aromatic nitrogens is 3. The zero-order valence-electron chi connectivity index (χ0n) is 17.7. The summed E-state index contributed by atoms with van der Waals surface area (Å²) in [6.07, 6.45) is 2.25. The highest BCUT2D eigenvalue weighted by Gasteiger charge is 2.15. The molecule has 31 heavy (non-hydrogen) atoms. The van der Waals surface area contributed by atoms with Gasteiger partial charge < -0.3 is 5.32 Å². The Balaban J connectivity index is 1.65. The van der Waals surface area contributed by atoms with Gasteiger partial charge in [0.25, 0.3) is 0 Å². The molecule has 6 nitrogen and oxygen atoms in total. The molecule has 0 bridgehead atoms. The average molecular weight is 435 g/mol. The van der Waals surface area contributed by atoms with E-state index in [1.54, 1.807) is 30.3 Å². The van der Waals surface area contributed by atoms with E-state index in [2.05, 4.69) is 22.1 Å². The highest BCUT2D eigenvalue weighted by atomic mass is 32.2. The molecule has 3 rings (SSSR count). The number of carbonyl (C=O) groups excluding carboxylic acids is 2. The number of nitrogens with zero attached hydrogens (tertiary/aromatic N) is 3. The average Bonchev–Trinajstić information content (AvgIpc) is 3.15. The molecule has 1 aromatic heterocycles. The van der Waals surface area contributed by atoms with Gasteiger partial charge in [0.2, 0.25) is 5.91 Å². The predicted octanol–water partition coefficient (Wildman–Crippen LogP) is 5.09. The lowest BCUT2D eigenvalue weighted by Gasteiger charge is -2.09. The van der Waals surface area contributed by atoms with Crippen LogP contribution in [0.4, 0.5) is 5.69 Å². The lowest BCUT2D eigenvalue weighted by atomic mass is 10.1. The van der Waals surface area contributed by atoms with Crippen LogP contribution in [0.25, 0.3) is 11.4 Å². The first-order valence-electron chi connectivity index (χ1n) is 10.1. The molecule has 2 aromatic carbocycles. The quantitative estimate of drug-likeness (QED) is 0.273. The normalized spacial score (nSPS) is 10.8. The van der Waals surface area contributed by atoms with Gasteiger partial charge in [0.15, 0.2) is 16.8 Å². The minimum Gasteiger partial charge on any atom is -0.326 e. The Morgan fingerprint density at radius 3 is 2.45 bits per heavy atom. The molecule has 1 heterocycles. The number of carbonyl (C=O) groups is 2. The smallest absolute Gasteiger partial charge is 0.224 e. The molecule has 1 N–H and O–H groups in total. The second-order valence-corrected chi connectivity index (χ2v) is 8.45. The van der Waals surface area contributed by atoms with Crippen LogP contribution in [0.2, 0.25) is 0 Å². The van der Waals surface area contributed by atoms with E-state index in [1.807, 2.05) is 48.7 Å². The summed E-state index contributed by atoms with van der Waals surface area (Å²) >= 11 is 1.35. The van der Waals surface area contributed by atoms with Gasteiger partial charge in [-0.2, -0.15) is 0 Å². The van der Waals surface area contributed by atoms with Crippen LogP contribution < -0.4 is 5.32 Å². The third kappa shape index (κ3) is 6.15. The van der Waals surface area contributed by atoms with E-state index < -0.39 is 0 Å². The van der Waals surface area contributed by atoms with Gasteiger partial charge >= 0.3 is 0 Å². The zero-order valence-corrected chi connectivity index (χ0v) is 18.6. The Labute approximate surface area is 186 Å². The van der Waals surface area contributed by atoms with E-state index in [4.69, 9.17) is 0 Å². The number of anilines is 1. The maximum absolute atomic E-state index is 12.7. The van der Waals surface area contributed by atoms with E-state index in [0.29, 0.717) is 35.3 Å². The van der Waals surface area contributed by atoms with Crippen molar-refractivity contribution >= 4 is 29.1 Å². The van der Waals surface area contributed by atoms with E-state index in [1.165, 1.54) is 11.8 Å². The summed E-state index contributed by atoms with van der Waals surface area (Å²) in [7, 11) is 0. The van der Waals surface area contributed by atoms with Crippen molar-refractivity contribution in [2.24, 2.45) is 5.92 Å². The molecule has 1 amide bonds. The second kappa shape index (κ2) is 10.7. The van der Waals surface area contributed by atoms with E-state index in [0.717, 1.165) is 11.4 Å². The molecular formula is C24H26N4O2S. The highest BCUT2D eigenvalue weighted by Crippen LogP contribution is 2.25. The molecule has 0 unspecified atom stereocenters. The molecule has 0 spiro atoms. The third-order valence-electron chi connectivity index (χ3n) is 4.48. The van der Waals surface area contributed by atoms with Crippen LogP contribution in [0.1, 0.15) is 30.6 Å². The summed E-state index contributed by atoms with van der Waals surface area (Å²) in [6.45, 7) is 8.37. The van der Waals surface area contributed by atoms with Crippen LogP contribution in [-0.2, 0) is 11.3 Å². The number of hydrogen-bond donors (Lipinski definition) is 1. The van der Waals surface area contributed by atoms with Crippen LogP contribution in [0.3, 0.4) is 0 Å². The molecule has 0 aliphatic heterocycles. The third-order valence-corrected chi connectivity index (χ3v) is 5.44. The molecule has 0 atom stereocenters. The van der Waals surface area contributed by atoms with Crippen molar-refractivity contribution < 1.29 is 9.59 Å². The molecule has 0 saturated carbocycles. The van der Waals surface area contributed by atoms with Crippen LogP contribution >= 0.6 is 11.8 Å². The van der Waals surface area contributed by atoms with Crippen molar-refractivity contribution in [1.82, 2.24) is 14.8 Å². The lowest BCUT2D eigenvalue weighted by molar-refractivity contribution is -0.116.